The van der Waals surface area contributed by atoms with Crippen LogP contribution in [0.4, 0.5) is 0 Å². The quantitative estimate of drug-likeness (QED) is 0.0118. The lowest BCUT2D eigenvalue weighted by Gasteiger charge is -2.24. The third-order valence-electron chi connectivity index (χ3n) is 8.75. The maximum Gasteiger partial charge on any atom is 0.472 e. The number of esters is 2. The number of unbranched alkanes of at least 4 members (excludes halogenated alkanes) is 8. The van der Waals surface area contributed by atoms with Gasteiger partial charge in [0.25, 0.3) is 0 Å². The van der Waals surface area contributed by atoms with Crippen molar-refractivity contribution >= 4 is 19.8 Å². The van der Waals surface area contributed by atoms with Crippen molar-refractivity contribution in [3.05, 3.63) is 85.1 Å². The fourth-order valence-electron chi connectivity index (χ4n) is 5.21. The number of phosphoric ester groups is 1. The Bertz CT molecular complexity index is 1330. The number of quaternary nitrogens is 1. The molecule has 0 rings (SSSR count). The number of aliphatic hydroxyl groups is 3. The summed E-state index contributed by atoms with van der Waals surface area (Å²) in [6.07, 6.45) is 35.8. The molecule has 0 fully saturated rings. The molecule has 0 aromatic heterocycles. The van der Waals surface area contributed by atoms with Gasteiger partial charge in [0, 0.05) is 12.8 Å². The van der Waals surface area contributed by atoms with Crippen LogP contribution in [0, 0.1) is 0 Å². The van der Waals surface area contributed by atoms with Gasteiger partial charge in [-0.05, 0) is 64.2 Å². The molecule has 0 heterocycles. The second-order valence-corrected chi connectivity index (χ2v) is 17.0. The van der Waals surface area contributed by atoms with Crippen molar-refractivity contribution < 1.29 is 57.4 Å². The minimum absolute atomic E-state index is 0.0397. The highest BCUT2D eigenvalue weighted by molar-refractivity contribution is 7.47. The number of hydrogen-bond donors (Lipinski definition) is 4. The van der Waals surface area contributed by atoms with Crippen LogP contribution in [0.1, 0.15) is 123 Å². The van der Waals surface area contributed by atoms with E-state index in [1.807, 2.05) is 40.2 Å². The number of hydrogen-bond acceptors (Lipinski definition) is 10. The number of carbonyl (C=O) groups is 2. The van der Waals surface area contributed by atoms with Gasteiger partial charge in [-0.15, -0.1) is 0 Å². The van der Waals surface area contributed by atoms with Crippen LogP contribution >= 0.6 is 7.82 Å². The molecule has 0 aliphatic rings. The van der Waals surface area contributed by atoms with Gasteiger partial charge in [-0.3, -0.25) is 18.6 Å². The van der Waals surface area contributed by atoms with Crippen LogP contribution in [0.25, 0.3) is 0 Å². The zero-order valence-electron chi connectivity index (χ0n) is 36.8. The van der Waals surface area contributed by atoms with E-state index in [4.69, 9.17) is 18.5 Å². The first-order chi connectivity index (χ1) is 28.2. The van der Waals surface area contributed by atoms with E-state index in [0.29, 0.717) is 23.9 Å². The molecular weight excluding hydrogens is 773 g/mol. The van der Waals surface area contributed by atoms with Gasteiger partial charge in [0.2, 0.25) is 0 Å². The highest BCUT2D eigenvalue weighted by Crippen LogP contribution is 2.43. The molecule has 59 heavy (non-hydrogen) atoms. The summed E-state index contributed by atoms with van der Waals surface area (Å²) in [6.45, 7) is 3.75. The smallest absolute Gasteiger partial charge is 0.462 e. The number of ether oxygens (including phenoxy) is 2. The van der Waals surface area contributed by atoms with Crippen LogP contribution in [0.2, 0.25) is 0 Å². The third-order valence-corrected chi connectivity index (χ3v) is 9.74. The monoisotopic (exact) mass is 853 g/mol. The van der Waals surface area contributed by atoms with Crippen LogP contribution in [0.5, 0.6) is 0 Å². The Morgan fingerprint density at radius 3 is 1.95 bits per heavy atom. The van der Waals surface area contributed by atoms with Crippen molar-refractivity contribution in [2.75, 3.05) is 47.5 Å². The standard InChI is InChI=1S/C46H78NO11P/c1-6-8-10-11-12-13-14-15-16-17-18-19-20-25-29-35-45(51)55-39-42(40-57-59(53,54)56-38-37-47(3,4)5)58-46(52)36-30-34-44(50)43(49)33-28-24-22-21-23-27-32-41(48)31-26-9-7-2/h9,12-13,15-16,21-24,26-28,32-33,41-44,48-50H,6-8,10-11,14,17-20,25,29-31,34-40H2,1-5H3/p+1/b13-12-,16-15-,23-21+,24-22-,26-9-,32-27+,33-28-/t41-,42+,43+,44+/m0/s1. The minimum atomic E-state index is -4.48. The van der Waals surface area contributed by atoms with Gasteiger partial charge in [-0.1, -0.05) is 131 Å². The van der Waals surface area contributed by atoms with E-state index >= 15 is 0 Å². The van der Waals surface area contributed by atoms with Crippen molar-refractivity contribution in [2.45, 2.75) is 147 Å². The molecular formula is C46H79NO11P+. The summed E-state index contributed by atoms with van der Waals surface area (Å²) in [5.74, 6) is -1.16. The topological polar surface area (TPSA) is 169 Å². The number of carbonyl (C=O) groups excluding carboxylic acids is 2. The van der Waals surface area contributed by atoms with Crippen molar-refractivity contribution in [1.29, 1.82) is 0 Å². The largest absolute Gasteiger partial charge is 0.472 e. The van der Waals surface area contributed by atoms with E-state index in [0.717, 1.165) is 51.4 Å². The maximum absolute atomic E-state index is 12.7. The van der Waals surface area contributed by atoms with Crippen molar-refractivity contribution in [2.24, 2.45) is 0 Å². The SMILES string of the molecule is CC/C=C\C[C@H](O)/C=C/C=C/C=C\C=C/[C@@H](O)[C@H](O)CCCC(=O)O[C@H](COC(=O)CCCCCCC/C=C\C/C=C\CCCCC)COP(=O)(O)OCC[N+](C)(C)C. The van der Waals surface area contributed by atoms with Crippen LogP contribution in [0.15, 0.2) is 85.1 Å². The normalized spacial score (nSPS) is 16.0. The fourth-order valence-corrected chi connectivity index (χ4v) is 5.95. The number of phosphoric acid groups is 1. The van der Waals surface area contributed by atoms with Gasteiger partial charge in [-0.25, -0.2) is 4.57 Å². The summed E-state index contributed by atoms with van der Waals surface area (Å²) in [7, 11) is 1.23. The van der Waals surface area contributed by atoms with Gasteiger partial charge in [-0.2, -0.15) is 0 Å². The lowest BCUT2D eigenvalue weighted by Crippen LogP contribution is -2.37. The van der Waals surface area contributed by atoms with Crippen molar-refractivity contribution in [1.82, 2.24) is 0 Å². The summed E-state index contributed by atoms with van der Waals surface area (Å²) in [5.41, 5.74) is 0. The van der Waals surface area contributed by atoms with Crippen LogP contribution in [0.3, 0.4) is 0 Å². The zero-order chi connectivity index (χ0) is 44.0. The minimum Gasteiger partial charge on any atom is -0.462 e. The van der Waals surface area contributed by atoms with E-state index in [2.05, 4.69) is 31.2 Å². The first-order valence-electron chi connectivity index (χ1n) is 21.6. The van der Waals surface area contributed by atoms with Crippen molar-refractivity contribution in [3.63, 3.8) is 0 Å². The lowest BCUT2D eigenvalue weighted by atomic mass is 10.1. The number of rotatable bonds is 37. The van der Waals surface area contributed by atoms with Gasteiger partial charge >= 0.3 is 19.8 Å². The molecule has 0 aromatic rings. The Kier molecular flexibility index (Phi) is 35.1. The first kappa shape index (κ1) is 56.1. The molecule has 12 nitrogen and oxygen atoms in total. The van der Waals surface area contributed by atoms with Crippen LogP contribution in [-0.4, -0.2) is 109 Å². The van der Waals surface area contributed by atoms with Crippen molar-refractivity contribution in [3.8, 4) is 0 Å². The van der Waals surface area contributed by atoms with Gasteiger partial charge < -0.3 is 34.2 Å². The van der Waals surface area contributed by atoms with Gasteiger partial charge in [0.1, 0.15) is 19.8 Å². The summed E-state index contributed by atoms with van der Waals surface area (Å²) in [5, 5.41) is 30.5. The predicted molar refractivity (Wildman–Crippen MR) is 237 cm³/mol. The summed E-state index contributed by atoms with van der Waals surface area (Å²) in [6, 6.07) is 0. The molecule has 0 amide bonds. The van der Waals surface area contributed by atoms with E-state index in [-0.39, 0.29) is 38.9 Å². The van der Waals surface area contributed by atoms with E-state index < -0.39 is 50.8 Å². The van der Waals surface area contributed by atoms with Crippen LogP contribution < -0.4 is 0 Å². The molecule has 0 radical (unpaired) electrons. The fraction of sp³-hybridized carbons (Fsp3) is 0.652. The molecule has 0 saturated heterocycles. The second kappa shape index (κ2) is 36.9. The Labute approximate surface area is 356 Å². The van der Waals surface area contributed by atoms with Gasteiger partial charge in [0.15, 0.2) is 6.10 Å². The Hall–Kier alpha value is -2.93. The highest BCUT2D eigenvalue weighted by atomic mass is 31.2. The molecule has 0 aliphatic carbocycles. The number of likely N-dealkylation sites (N-methyl/N-ethyl adjacent to an activating group) is 1. The Morgan fingerprint density at radius 1 is 0.678 bits per heavy atom. The molecule has 0 spiro atoms. The van der Waals surface area contributed by atoms with Gasteiger partial charge in [0.05, 0.1) is 46.1 Å². The molecule has 4 N–H and O–H groups in total. The molecule has 5 atom stereocenters. The molecule has 0 saturated carbocycles. The number of allylic oxidation sites excluding steroid dienone is 11. The maximum atomic E-state index is 12.7. The summed E-state index contributed by atoms with van der Waals surface area (Å²) < 4.78 is 34.0. The Morgan fingerprint density at radius 2 is 1.29 bits per heavy atom. The molecule has 0 aromatic carbocycles. The average molecular weight is 853 g/mol. The molecule has 1 unspecified atom stereocenters. The summed E-state index contributed by atoms with van der Waals surface area (Å²) >= 11 is 0. The average Bonchev–Trinajstić information content (AvgIpc) is 3.17. The van der Waals surface area contributed by atoms with Crippen LogP contribution in [-0.2, 0) is 32.7 Å². The highest BCUT2D eigenvalue weighted by Gasteiger charge is 2.27. The Balaban J connectivity index is 4.76. The van der Waals surface area contributed by atoms with E-state index in [9.17, 15) is 34.4 Å². The molecule has 338 valence electrons. The molecule has 0 bridgehead atoms. The second-order valence-electron chi connectivity index (χ2n) is 15.6. The van der Waals surface area contributed by atoms with E-state index in [1.54, 1.807) is 42.5 Å². The third kappa shape index (κ3) is 39.0. The lowest BCUT2D eigenvalue weighted by molar-refractivity contribution is -0.870. The van der Waals surface area contributed by atoms with E-state index in [1.165, 1.54) is 25.3 Å². The number of aliphatic hydroxyl groups excluding tert-OH is 3. The molecule has 13 heteroatoms. The summed E-state index contributed by atoms with van der Waals surface area (Å²) in [4.78, 5) is 35.4. The molecule has 0 aliphatic heterocycles. The zero-order valence-corrected chi connectivity index (χ0v) is 37.7. The predicted octanol–water partition coefficient (Wildman–Crippen LogP) is 8.93. The first-order valence-corrected chi connectivity index (χ1v) is 23.1. The number of nitrogens with zero attached hydrogens (tertiary/aromatic N) is 1.